The highest BCUT2D eigenvalue weighted by Crippen LogP contribution is 2.49. The molecule has 10 aromatic rings. The number of rotatable bonds is 8. The fraction of sp³-hybridized carbons (Fsp3) is 0.280. The average molecular weight is 1060 g/mol. The Bertz CT molecular complexity index is 4750. The Kier molecular flexibility index (Phi) is 9.75. The second kappa shape index (κ2) is 19.0. The number of hydrogen-bond acceptors (Lipinski definition) is 2. The number of aryl methyl sites for hydroxylation is 1. The van der Waals surface area contributed by atoms with Crippen molar-refractivity contribution in [2.45, 2.75) is 137 Å². The van der Waals surface area contributed by atoms with Crippen molar-refractivity contribution in [1.82, 2.24) is 18.7 Å². The summed E-state index contributed by atoms with van der Waals surface area (Å²) >= 11 is 0. The molecule has 1 aliphatic heterocycles. The van der Waals surface area contributed by atoms with Gasteiger partial charge in [0, 0.05) is 50.9 Å². The van der Waals surface area contributed by atoms with Gasteiger partial charge >= 0.3 is 6.01 Å². The molecule has 0 atom stereocenters. The fourth-order valence-corrected chi connectivity index (χ4v) is 11.5. The SMILES string of the molecule is [2H]c1c([2H])c(C(C)(C)C)c([2H])c([2H])c1-c1cccc(-c2cc(C(C)(C)C)cc(C(C)(C)C)c2)c1[N+]1=C=[N+](c2cccc(Oc3ccc4c5c([2H])c([2H])c([2H])c([2H])c5n(-c5cc(C([2H])([2H])[2H])c(-c6ccc7c(c6)C(C)(C)CCC7(C)C)cn5)c4c3)c2)c2ccccc21. The molecule has 0 unspecified atom stereocenters. The number of benzene rings is 8. The van der Waals surface area contributed by atoms with E-state index in [1.54, 1.807) is 29.0 Å². The predicted molar refractivity (Wildman–Crippen MR) is 338 cm³/mol. The lowest BCUT2D eigenvalue weighted by molar-refractivity contribution is 0.332. The maximum Gasteiger partial charge on any atom is 0.503 e. The van der Waals surface area contributed by atoms with E-state index in [9.17, 15) is 8.22 Å². The number of hydrogen-bond donors (Lipinski definition) is 0. The van der Waals surface area contributed by atoms with Crippen molar-refractivity contribution in [3.05, 3.63) is 215 Å². The van der Waals surface area contributed by atoms with Crippen LogP contribution in [-0.2, 0) is 27.1 Å². The molecule has 0 amide bonds. The number of pyridine rings is 1. The third-order valence-electron chi connectivity index (χ3n) is 16.4. The molecule has 5 nitrogen and oxygen atoms in total. The van der Waals surface area contributed by atoms with Gasteiger partial charge in [-0.2, -0.15) is 0 Å². The first kappa shape index (κ1) is 41.0. The van der Waals surface area contributed by atoms with Crippen LogP contribution in [0.2, 0.25) is 0 Å². The molecule has 0 spiro atoms. The van der Waals surface area contributed by atoms with E-state index in [1.165, 1.54) is 17.2 Å². The Morgan fingerprint density at radius 1 is 0.537 bits per heavy atom. The van der Waals surface area contributed by atoms with Crippen LogP contribution in [0.4, 0.5) is 22.7 Å². The minimum absolute atomic E-state index is 0.0474. The van der Waals surface area contributed by atoms with Crippen molar-refractivity contribution in [2.75, 3.05) is 0 Å². The van der Waals surface area contributed by atoms with Gasteiger partial charge in [-0.25, -0.2) is 4.98 Å². The molecular formula is C75H76N4O+2. The molecule has 0 saturated heterocycles. The van der Waals surface area contributed by atoms with Crippen LogP contribution in [0, 0.1) is 6.85 Å². The topological polar surface area (TPSA) is 33.1 Å². The van der Waals surface area contributed by atoms with Crippen molar-refractivity contribution < 1.29 is 19.8 Å². The third-order valence-corrected chi connectivity index (χ3v) is 16.4. The minimum Gasteiger partial charge on any atom is -0.457 e. The summed E-state index contributed by atoms with van der Waals surface area (Å²) in [6.45, 7) is 25.2. The molecule has 0 bridgehead atoms. The van der Waals surface area contributed by atoms with Crippen LogP contribution in [0.15, 0.2) is 182 Å². The summed E-state index contributed by atoms with van der Waals surface area (Å²) in [6.07, 6.45) is 3.57. The Morgan fingerprint density at radius 3 is 1.86 bits per heavy atom. The molecule has 0 radical (unpaired) electrons. The lowest BCUT2D eigenvalue weighted by atomic mass is 9.63. The van der Waals surface area contributed by atoms with Crippen molar-refractivity contribution in [3.8, 4) is 50.7 Å². The van der Waals surface area contributed by atoms with Gasteiger partial charge in [-0.15, -0.1) is 0 Å². The van der Waals surface area contributed by atoms with E-state index >= 15 is 0 Å². The summed E-state index contributed by atoms with van der Waals surface area (Å²) in [5.74, 6) is 0.946. The van der Waals surface area contributed by atoms with E-state index in [0.29, 0.717) is 50.5 Å². The molecule has 0 fully saturated rings. The van der Waals surface area contributed by atoms with Gasteiger partial charge in [0.05, 0.1) is 39.2 Å². The molecule has 0 saturated carbocycles. The Balaban J connectivity index is 1.03. The van der Waals surface area contributed by atoms with E-state index < -0.39 is 24.4 Å². The predicted octanol–water partition coefficient (Wildman–Crippen LogP) is 20.4. The zero-order valence-electron chi connectivity index (χ0n) is 59.3. The highest BCUT2D eigenvalue weighted by molar-refractivity contribution is 6.09. The van der Waals surface area contributed by atoms with Crippen molar-refractivity contribution in [2.24, 2.45) is 0 Å². The number of ether oxygens (including phenoxy) is 1. The first-order valence-electron chi connectivity index (χ1n) is 33.3. The lowest BCUT2D eigenvalue weighted by Crippen LogP contribution is -2.33. The minimum atomic E-state index is -2.61. The molecule has 5 heteroatoms. The van der Waals surface area contributed by atoms with Crippen LogP contribution >= 0.6 is 0 Å². The van der Waals surface area contributed by atoms with Gasteiger partial charge in [-0.3, -0.25) is 4.57 Å². The summed E-state index contributed by atoms with van der Waals surface area (Å²) in [4.78, 5) is 4.96. The zero-order chi connectivity index (χ0) is 65.7. The smallest absolute Gasteiger partial charge is 0.457 e. The second-order valence-corrected chi connectivity index (χ2v) is 26.2. The van der Waals surface area contributed by atoms with Crippen LogP contribution in [0.3, 0.4) is 0 Å². The summed E-state index contributed by atoms with van der Waals surface area (Å²) in [7, 11) is 0. The van der Waals surface area contributed by atoms with Gasteiger partial charge in [0.2, 0.25) is 11.4 Å². The van der Waals surface area contributed by atoms with Crippen molar-refractivity contribution in [1.29, 1.82) is 0 Å². The quantitative estimate of drug-likeness (QED) is 0.142. The van der Waals surface area contributed by atoms with E-state index in [2.05, 4.69) is 106 Å². The van der Waals surface area contributed by atoms with Crippen LogP contribution in [0.25, 0.3) is 61.0 Å². The molecule has 1 aliphatic carbocycles. The number of para-hydroxylation sites is 4. The van der Waals surface area contributed by atoms with Crippen LogP contribution < -0.4 is 13.9 Å². The van der Waals surface area contributed by atoms with Gasteiger partial charge in [0.1, 0.15) is 17.3 Å². The Hall–Kier alpha value is -8.11. The summed E-state index contributed by atoms with van der Waals surface area (Å²) in [5.41, 5.74) is 10.7. The van der Waals surface area contributed by atoms with E-state index in [1.807, 2.05) is 103 Å². The van der Waals surface area contributed by atoms with Gasteiger partial charge < -0.3 is 4.74 Å². The molecule has 2 aromatic heterocycles. The maximum atomic E-state index is 9.66. The molecule has 400 valence electrons. The second-order valence-electron chi connectivity index (χ2n) is 26.2. The van der Waals surface area contributed by atoms with Gasteiger partial charge in [0.15, 0.2) is 0 Å². The van der Waals surface area contributed by atoms with E-state index in [0.717, 1.165) is 52.0 Å². The van der Waals surface area contributed by atoms with Crippen LogP contribution in [0.1, 0.15) is 151 Å². The first-order chi connectivity index (χ1) is 42.5. The molecular weight excluding hydrogens is 973 g/mol. The summed E-state index contributed by atoms with van der Waals surface area (Å²) < 4.78 is 113. The van der Waals surface area contributed by atoms with Crippen molar-refractivity contribution >= 4 is 50.6 Å². The normalized spacial score (nSPS) is 17.0. The molecule has 2 aliphatic rings. The monoisotopic (exact) mass is 1060 g/mol. The number of fused-ring (bicyclic) bond motifs is 5. The van der Waals surface area contributed by atoms with Gasteiger partial charge in [-0.05, 0) is 148 Å². The number of aromatic nitrogens is 2. The maximum absolute atomic E-state index is 9.66. The molecule has 0 N–H and O–H groups in total. The molecule has 8 aromatic carbocycles. The fourth-order valence-electron chi connectivity index (χ4n) is 11.5. The van der Waals surface area contributed by atoms with Crippen LogP contribution in [-0.4, -0.2) is 15.6 Å². The zero-order valence-corrected chi connectivity index (χ0v) is 48.3. The Labute approximate surface area is 490 Å². The highest BCUT2D eigenvalue weighted by Gasteiger charge is 2.40. The molecule has 80 heavy (non-hydrogen) atoms. The third kappa shape index (κ3) is 9.40. The summed E-state index contributed by atoms with van der Waals surface area (Å²) in [5, 5.41) is 0.736. The van der Waals surface area contributed by atoms with Crippen LogP contribution in [0.5, 0.6) is 11.5 Å². The highest BCUT2D eigenvalue weighted by atomic mass is 16.5. The lowest BCUT2D eigenvalue weighted by Gasteiger charge is -2.42. The summed E-state index contributed by atoms with van der Waals surface area (Å²) in [6, 6.07) is 42.8. The van der Waals surface area contributed by atoms with E-state index in [-0.39, 0.29) is 85.8 Å². The van der Waals surface area contributed by atoms with Crippen molar-refractivity contribution in [3.63, 3.8) is 0 Å². The van der Waals surface area contributed by atoms with Gasteiger partial charge in [0.25, 0.3) is 11.4 Å². The average Bonchev–Trinajstić information content (AvgIpc) is 1.64. The largest absolute Gasteiger partial charge is 0.503 e. The first-order valence-corrected chi connectivity index (χ1v) is 27.8. The number of nitrogens with zero attached hydrogens (tertiary/aromatic N) is 4. The standard InChI is InChI=1S/C75H76N4O/c1-48-39-69(76-46-62(48)50-31-36-63-64(42-50)75(13,14)38-37-74(63,11)12)79-65-26-16-15-23-60(65)61-35-34-57(45-68(61)79)80-56-22-19-21-55(44-56)77-47-78(67-28-18-17-27-66(67)77)70-58(49-29-32-52(33-30-49)71(2,3)4)24-20-25-59(70)51-40-53(72(5,6)7)43-54(41-51)73(8,9)10/h15-36,39-46H,37-38H2,1-14H3/q+2/i1D3,15D,16D,23D,26D,29D,30D,32D,33D. The van der Waals surface area contributed by atoms with E-state index in [4.69, 9.17) is 16.6 Å². The molecule has 12 rings (SSSR count). The Morgan fingerprint density at radius 2 is 1.18 bits per heavy atom. The van der Waals surface area contributed by atoms with Gasteiger partial charge in [-0.1, -0.05) is 193 Å². The molecule has 3 heterocycles.